The zero-order valence-corrected chi connectivity index (χ0v) is 15.7. The molecule has 2 heterocycles. The highest BCUT2D eigenvalue weighted by atomic mass is 32.1. The second kappa shape index (κ2) is 7.78. The van der Waals surface area contributed by atoms with Crippen LogP contribution in [0.5, 0.6) is 0 Å². The summed E-state index contributed by atoms with van der Waals surface area (Å²) in [6.07, 6.45) is 3.96. The SMILES string of the molecule is O=C(Nc1sc2c(c1C(=O)N1CCOCC1)CCCC2)c1ccc(F)cc1. The number of benzene rings is 1. The van der Waals surface area contributed by atoms with Crippen molar-refractivity contribution in [3.05, 3.63) is 51.7 Å². The number of aryl methyl sites for hydroxylation is 1. The molecule has 1 N–H and O–H groups in total. The number of nitrogens with one attached hydrogen (secondary N) is 1. The van der Waals surface area contributed by atoms with Crippen LogP contribution in [0.25, 0.3) is 0 Å². The number of fused-ring (bicyclic) bond motifs is 1. The van der Waals surface area contributed by atoms with Gasteiger partial charge in [-0.25, -0.2) is 4.39 Å². The molecule has 1 fully saturated rings. The number of hydrogen-bond donors (Lipinski definition) is 1. The lowest BCUT2D eigenvalue weighted by molar-refractivity contribution is 0.0303. The molecule has 0 bridgehead atoms. The summed E-state index contributed by atoms with van der Waals surface area (Å²) in [5.41, 5.74) is 2.08. The van der Waals surface area contributed by atoms with Gasteiger partial charge in [0.15, 0.2) is 0 Å². The molecule has 0 spiro atoms. The lowest BCUT2D eigenvalue weighted by Gasteiger charge is -2.27. The van der Waals surface area contributed by atoms with Gasteiger partial charge in [0.05, 0.1) is 18.8 Å². The summed E-state index contributed by atoms with van der Waals surface area (Å²) in [7, 11) is 0. The van der Waals surface area contributed by atoms with Crippen molar-refractivity contribution in [2.24, 2.45) is 0 Å². The lowest BCUT2D eigenvalue weighted by Crippen LogP contribution is -2.41. The van der Waals surface area contributed by atoms with Gasteiger partial charge in [-0.1, -0.05) is 0 Å². The Labute approximate surface area is 161 Å². The van der Waals surface area contributed by atoms with Crippen LogP contribution in [0, 0.1) is 5.82 Å². The molecule has 1 saturated heterocycles. The van der Waals surface area contributed by atoms with Crippen molar-refractivity contribution < 1.29 is 18.7 Å². The van der Waals surface area contributed by atoms with Gasteiger partial charge in [-0.3, -0.25) is 9.59 Å². The maximum Gasteiger partial charge on any atom is 0.257 e. The number of hydrogen-bond acceptors (Lipinski definition) is 4. The smallest absolute Gasteiger partial charge is 0.257 e. The third-order valence-corrected chi connectivity index (χ3v) is 6.22. The number of halogens is 1. The van der Waals surface area contributed by atoms with Crippen LogP contribution in [-0.4, -0.2) is 43.0 Å². The number of morpholine rings is 1. The van der Waals surface area contributed by atoms with E-state index in [1.807, 2.05) is 0 Å². The fourth-order valence-electron chi connectivity index (χ4n) is 3.58. The molecule has 0 unspecified atom stereocenters. The van der Waals surface area contributed by atoms with E-state index in [0.29, 0.717) is 42.4 Å². The van der Waals surface area contributed by atoms with Gasteiger partial charge in [0.2, 0.25) is 0 Å². The van der Waals surface area contributed by atoms with Crippen molar-refractivity contribution in [3.8, 4) is 0 Å². The molecule has 2 aromatic rings. The molecule has 7 heteroatoms. The van der Waals surface area contributed by atoms with Gasteiger partial charge in [0, 0.05) is 23.5 Å². The van der Waals surface area contributed by atoms with Crippen LogP contribution in [0.2, 0.25) is 0 Å². The van der Waals surface area contributed by atoms with Crippen LogP contribution in [0.3, 0.4) is 0 Å². The van der Waals surface area contributed by atoms with Gasteiger partial charge in [0.25, 0.3) is 11.8 Å². The van der Waals surface area contributed by atoms with E-state index < -0.39 is 0 Å². The summed E-state index contributed by atoms with van der Waals surface area (Å²) >= 11 is 1.50. The second-order valence-electron chi connectivity index (χ2n) is 6.78. The zero-order chi connectivity index (χ0) is 18.8. The van der Waals surface area contributed by atoms with Gasteiger partial charge in [-0.15, -0.1) is 11.3 Å². The van der Waals surface area contributed by atoms with Crippen LogP contribution < -0.4 is 5.32 Å². The molecule has 4 rings (SSSR count). The number of amides is 2. The van der Waals surface area contributed by atoms with E-state index in [4.69, 9.17) is 4.74 Å². The van der Waals surface area contributed by atoms with Gasteiger partial charge < -0.3 is 15.0 Å². The Balaban J connectivity index is 1.65. The number of rotatable bonds is 3. The van der Waals surface area contributed by atoms with Crippen LogP contribution in [0.1, 0.15) is 44.0 Å². The topological polar surface area (TPSA) is 58.6 Å². The average Bonchev–Trinajstić information content (AvgIpc) is 3.06. The van der Waals surface area contributed by atoms with E-state index in [9.17, 15) is 14.0 Å². The Morgan fingerprint density at radius 3 is 2.52 bits per heavy atom. The van der Waals surface area contributed by atoms with E-state index in [-0.39, 0.29) is 17.6 Å². The Kier molecular flexibility index (Phi) is 5.22. The fourth-order valence-corrected chi connectivity index (χ4v) is 4.86. The van der Waals surface area contributed by atoms with E-state index in [1.165, 1.54) is 40.5 Å². The standard InChI is InChI=1S/C20H21FN2O3S/c21-14-7-5-13(6-8-14)18(24)22-19-17(15-3-1-2-4-16(15)27-19)20(25)23-9-11-26-12-10-23/h5-8H,1-4,9-12H2,(H,22,24). The molecule has 1 aromatic carbocycles. The van der Waals surface area contributed by atoms with Crippen molar-refractivity contribution in [1.82, 2.24) is 4.90 Å². The molecule has 1 aromatic heterocycles. The van der Waals surface area contributed by atoms with Crippen molar-refractivity contribution >= 4 is 28.2 Å². The van der Waals surface area contributed by atoms with Crippen molar-refractivity contribution in [2.75, 3.05) is 31.6 Å². The molecule has 27 heavy (non-hydrogen) atoms. The van der Waals surface area contributed by atoms with E-state index in [1.54, 1.807) is 4.90 Å². The first-order chi connectivity index (χ1) is 13.1. The second-order valence-corrected chi connectivity index (χ2v) is 7.89. The highest BCUT2D eigenvalue weighted by Crippen LogP contribution is 2.39. The third-order valence-electron chi connectivity index (χ3n) is 5.02. The molecule has 2 amide bonds. The van der Waals surface area contributed by atoms with Crippen LogP contribution >= 0.6 is 11.3 Å². The quantitative estimate of drug-likeness (QED) is 0.876. The molecule has 0 radical (unpaired) electrons. The van der Waals surface area contributed by atoms with E-state index in [0.717, 1.165) is 31.2 Å². The van der Waals surface area contributed by atoms with Gasteiger partial charge in [-0.05, 0) is 55.5 Å². The maximum absolute atomic E-state index is 13.2. The summed E-state index contributed by atoms with van der Waals surface area (Å²) in [4.78, 5) is 28.8. The summed E-state index contributed by atoms with van der Waals surface area (Å²) in [5, 5.41) is 3.51. The van der Waals surface area contributed by atoms with Crippen LogP contribution in [-0.2, 0) is 17.6 Å². The molecule has 1 aliphatic carbocycles. The molecule has 1 aliphatic heterocycles. The van der Waals surface area contributed by atoms with Gasteiger partial charge >= 0.3 is 0 Å². The van der Waals surface area contributed by atoms with Crippen LogP contribution in [0.15, 0.2) is 24.3 Å². The van der Waals surface area contributed by atoms with E-state index in [2.05, 4.69) is 5.32 Å². The van der Waals surface area contributed by atoms with Crippen molar-refractivity contribution in [2.45, 2.75) is 25.7 Å². The minimum absolute atomic E-state index is 0.0351. The predicted octanol–water partition coefficient (Wildman–Crippen LogP) is 3.49. The molecule has 5 nitrogen and oxygen atoms in total. The Bertz CT molecular complexity index is 857. The number of ether oxygens (including phenoxy) is 1. The van der Waals surface area contributed by atoms with Crippen molar-refractivity contribution in [3.63, 3.8) is 0 Å². The predicted molar refractivity (Wildman–Crippen MR) is 102 cm³/mol. The Hall–Kier alpha value is -2.25. The molecular formula is C20H21FN2O3S. The normalized spacial score (nSPS) is 16.7. The summed E-state index contributed by atoms with van der Waals surface area (Å²) in [6, 6.07) is 5.41. The van der Waals surface area contributed by atoms with Crippen molar-refractivity contribution in [1.29, 1.82) is 0 Å². The highest BCUT2D eigenvalue weighted by Gasteiger charge is 2.30. The highest BCUT2D eigenvalue weighted by molar-refractivity contribution is 7.17. The molecule has 0 atom stereocenters. The van der Waals surface area contributed by atoms with Crippen LogP contribution in [0.4, 0.5) is 9.39 Å². The monoisotopic (exact) mass is 388 g/mol. The fraction of sp³-hybridized carbons (Fsp3) is 0.400. The minimum Gasteiger partial charge on any atom is -0.378 e. The van der Waals surface area contributed by atoms with Gasteiger partial charge in [-0.2, -0.15) is 0 Å². The Morgan fingerprint density at radius 1 is 1.07 bits per heavy atom. The number of thiophene rings is 1. The minimum atomic E-state index is -0.388. The number of carbonyl (C=O) groups is 2. The molecule has 0 saturated carbocycles. The summed E-state index contributed by atoms with van der Waals surface area (Å²) < 4.78 is 18.5. The maximum atomic E-state index is 13.2. The molecule has 142 valence electrons. The number of anilines is 1. The zero-order valence-electron chi connectivity index (χ0n) is 14.9. The van der Waals surface area contributed by atoms with Gasteiger partial charge in [0.1, 0.15) is 10.8 Å². The molecular weight excluding hydrogens is 367 g/mol. The summed E-state index contributed by atoms with van der Waals surface area (Å²) in [6.45, 7) is 2.20. The Morgan fingerprint density at radius 2 is 1.78 bits per heavy atom. The lowest BCUT2D eigenvalue weighted by atomic mass is 9.95. The van der Waals surface area contributed by atoms with E-state index >= 15 is 0 Å². The largest absolute Gasteiger partial charge is 0.378 e. The first kappa shape index (κ1) is 18.1. The third kappa shape index (κ3) is 3.75. The first-order valence-corrected chi connectivity index (χ1v) is 10.0. The number of nitrogens with zero attached hydrogens (tertiary/aromatic N) is 1. The summed E-state index contributed by atoms with van der Waals surface area (Å²) in [5.74, 6) is -0.752. The average molecular weight is 388 g/mol. The first-order valence-electron chi connectivity index (χ1n) is 9.22. The molecule has 2 aliphatic rings. The number of carbonyl (C=O) groups excluding carboxylic acids is 2.